The van der Waals surface area contributed by atoms with Gasteiger partial charge in [0.05, 0.1) is 13.1 Å². The molecule has 0 amide bonds. The van der Waals surface area contributed by atoms with Crippen molar-refractivity contribution in [1.82, 2.24) is 25.4 Å². The Labute approximate surface area is 158 Å². The number of hydrogen-bond acceptors (Lipinski definition) is 4. The summed E-state index contributed by atoms with van der Waals surface area (Å²) >= 11 is 1.74. The van der Waals surface area contributed by atoms with Crippen LogP contribution >= 0.6 is 11.3 Å². The number of nitrogens with one attached hydrogen (secondary N) is 2. The number of aliphatic imine (C=N–C) groups is 1. The van der Waals surface area contributed by atoms with Crippen LogP contribution in [0.25, 0.3) is 0 Å². The molecule has 2 heterocycles. The third-order valence-corrected chi connectivity index (χ3v) is 5.08. The highest BCUT2D eigenvalue weighted by Gasteiger charge is 2.04. The van der Waals surface area contributed by atoms with E-state index in [-0.39, 0.29) is 0 Å². The zero-order valence-corrected chi connectivity index (χ0v) is 16.0. The van der Waals surface area contributed by atoms with E-state index in [0.717, 1.165) is 23.9 Å². The predicted molar refractivity (Wildman–Crippen MR) is 106 cm³/mol. The van der Waals surface area contributed by atoms with Gasteiger partial charge in [0.1, 0.15) is 5.01 Å². The summed E-state index contributed by atoms with van der Waals surface area (Å²) in [6.45, 7) is 4.32. The molecule has 3 rings (SSSR count). The quantitative estimate of drug-likeness (QED) is 0.497. The third-order valence-electron chi connectivity index (χ3n) is 3.94. The minimum Gasteiger partial charge on any atom is -0.352 e. The smallest absolute Gasteiger partial charge is 0.191 e. The van der Waals surface area contributed by atoms with Gasteiger partial charge in [-0.3, -0.25) is 9.67 Å². The third kappa shape index (κ3) is 5.16. The highest BCUT2D eigenvalue weighted by molar-refractivity contribution is 7.11. The van der Waals surface area contributed by atoms with Crippen molar-refractivity contribution >= 4 is 17.3 Å². The molecule has 136 valence electrons. The number of nitrogens with zero attached hydrogens (tertiary/aromatic N) is 4. The van der Waals surface area contributed by atoms with Gasteiger partial charge >= 0.3 is 0 Å². The summed E-state index contributed by atoms with van der Waals surface area (Å²) in [5.41, 5.74) is 2.44. The van der Waals surface area contributed by atoms with Crippen molar-refractivity contribution in [3.05, 3.63) is 69.9 Å². The van der Waals surface area contributed by atoms with Gasteiger partial charge in [0, 0.05) is 37.1 Å². The lowest BCUT2D eigenvalue weighted by Gasteiger charge is -2.12. The molecule has 0 aliphatic rings. The van der Waals surface area contributed by atoms with Gasteiger partial charge in [-0.25, -0.2) is 4.98 Å². The van der Waals surface area contributed by atoms with Crippen LogP contribution in [-0.4, -0.2) is 27.8 Å². The molecule has 0 unspecified atom stereocenters. The fourth-order valence-corrected chi connectivity index (χ4v) is 3.38. The lowest BCUT2D eigenvalue weighted by atomic mass is 10.1. The topological polar surface area (TPSA) is 67.1 Å². The normalized spacial score (nSPS) is 11.5. The van der Waals surface area contributed by atoms with E-state index in [9.17, 15) is 0 Å². The fourth-order valence-electron chi connectivity index (χ4n) is 2.58. The first-order chi connectivity index (χ1) is 12.8. The molecule has 2 N–H and O–H groups in total. The Morgan fingerprint density at radius 2 is 2.04 bits per heavy atom. The number of benzene rings is 1. The molecule has 0 saturated carbocycles. The van der Waals surface area contributed by atoms with Crippen LogP contribution in [-0.2, 0) is 26.1 Å². The molecule has 0 aliphatic heterocycles. The second-order valence-corrected chi connectivity index (χ2v) is 7.08. The van der Waals surface area contributed by atoms with Gasteiger partial charge in [0.15, 0.2) is 5.96 Å². The molecule has 6 nitrogen and oxygen atoms in total. The Balaban J connectivity index is 1.51. The predicted octanol–water partition coefficient (Wildman–Crippen LogP) is 2.82. The molecule has 0 radical (unpaired) electrons. The number of hydrogen-bond donors (Lipinski definition) is 2. The van der Waals surface area contributed by atoms with Gasteiger partial charge < -0.3 is 10.6 Å². The largest absolute Gasteiger partial charge is 0.352 e. The molecule has 0 atom stereocenters. The summed E-state index contributed by atoms with van der Waals surface area (Å²) in [5.74, 6) is 0.774. The van der Waals surface area contributed by atoms with E-state index in [1.165, 1.54) is 16.0 Å². The van der Waals surface area contributed by atoms with Gasteiger partial charge in [-0.15, -0.1) is 11.3 Å². The van der Waals surface area contributed by atoms with E-state index >= 15 is 0 Å². The summed E-state index contributed by atoms with van der Waals surface area (Å²) < 4.78 is 1.92. The molecule has 0 bridgehead atoms. The summed E-state index contributed by atoms with van der Waals surface area (Å²) in [6, 6.07) is 10.4. The number of aryl methyl sites for hydroxylation is 1. The Kier molecular flexibility index (Phi) is 6.38. The zero-order valence-electron chi connectivity index (χ0n) is 15.1. The van der Waals surface area contributed by atoms with Crippen LogP contribution in [0.1, 0.15) is 27.9 Å². The second-order valence-electron chi connectivity index (χ2n) is 5.88. The number of guanidine groups is 1. The SMILES string of the molecule is CCc1cnc(CNC(=NC)NCc2cccc(Cn3cccn3)c2)s1. The first-order valence-corrected chi connectivity index (χ1v) is 9.52. The van der Waals surface area contributed by atoms with Crippen molar-refractivity contribution in [3.8, 4) is 0 Å². The van der Waals surface area contributed by atoms with Gasteiger partial charge in [-0.1, -0.05) is 31.2 Å². The van der Waals surface area contributed by atoms with E-state index < -0.39 is 0 Å². The van der Waals surface area contributed by atoms with Crippen LogP contribution in [0.2, 0.25) is 0 Å². The van der Waals surface area contributed by atoms with Crippen molar-refractivity contribution in [2.75, 3.05) is 7.05 Å². The average Bonchev–Trinajstić information content (AvgIpc) is 3.34. The first-order valence-electron chi connectivity index (χ1n) is 8.70. The fraction of sp³-hybridized carbons (Fsp3) is 0.316. The number of thiazole rings is 1. The summed E-state index contributed by atoms with van der Waals surface area (Å²) in [4.78, 5) is 10.0. The Morgan fingerprint density at radius 3 is 2.77 bits per heavy atom. The lowest BCUT2D eigenvalue weighted by Crippen LogP contribution is -2.36. The van der Waals surface area contributed by atoms with Crippen LogP contribution in [0.4, 0.5) is 0 Å². The van der Waals surface area contributed by atoms with Crippen LogP contribution in [0.3, 0.4) is 0 Å². The van der Waals surface area contributed by atoms with Crippen LogP contribution < -0.4 is 10.6 Å². The van der Waals surface area contributed by atoms with E-state index in [2.05, 4.69) is 56.9 Å². The highest BCUT2D eigenvalue weighted by atomic mass is 32.1. The van der Waals surface area contributed by atoms with Crippen molar-refractivity contribution in [2.45, 2.75) is 33.0 Å². The Bertz CT molecular complexity index is 837. The minimum absolute atomic E-state index is 0.684. The molecule has 0 spiro atoms. The molecule has 1 aromatic carbocycles. The minimum atomic E-state index is 0.684. The maximum absolute atomic E-state index is 4.42. The molecule has 3 aromatic rings. The standard InChI is InChI=1S/C19H24N6S/c1-3-17-12-21-18(26-17)13-23-19(20-2)22-11-15-6-4-7-16(10-15)14-25-9-5-8-24-25/h4-10,12H,3,11,13-14H2,1-2H3,(H2,20,22,23). The highest BCUT2D eigenvalue weighted by Crippen LogP contribution is 2.12. The van der Waals surface area contributed by atoms with Gasteiger partial charge in [-0.2, -0.15) is 5.10 Å². The van der Waals surface area contributed by atoms with Gasteiger partial charge in [0.25, 0.3) is 0 Å². The maximum Gasteiger partial charge on any atom is 0.191 e. The average molecular weight is 369 g/mol. The van der Waals surface area contributed by atoms with Crippen LogP contribution in [0, 0.1) is 0 Å². The monoisotopic (exact) mass is 368 g/mol. The molecule has 0 saturated heterocycles. The molecule has 0 fully saturated rings. The molecular weight excluding hydrogens is 344 g/mol. The Hall–Kier alpha value is -2.67. The van der Waals surface area contributed by atoms with Crippen LogP contribution in [0.5, 0.6) is 0 Å². The molecule has 0 aliphatic carbocycles. The van der Waals surface area contributed by atoms with Crippen LogP contribution in [0.15, 0.2) is 53.9 Å². The number of aromatic nitrogens is 3. The summed E-state index contributed by atoms with van der Waals surface area (Å²) in [7, 11) is 1.78. The lowest BCUT2D eigenvalue weighted by molar-refractivity contribution is 0.685. The van der Waals surface area contributed by atoms with Crippen molar-refractivity contribution in [3.63, 3.8) is 0 Å². The summed E-state index contributed by atoms with van der Waals surface area (Å²) in [5, 5.41) is 12.0. The zero-order chi connectivity index (χ0) is 18.2. The molecule has 7 heteroatoms. The molecule has 26 heavy (non-hydrogen) atoms. The molecule has 2 aromatic heterocycles. The number of rotatable bonds is 7. The second kappa shape index (κ2) is 9.15. The van der Waals surface area contributed by atoms with E-state index in [4.69, 9.17) is 0 Å². The van der Waals surface area contributed by atoms with E-state index in [1.807, 2.05) is 23.1 Å². The van der Waals surface area contributed by atoms with Gasteiger partial charge in [0.2, 0.25) is 0 Å². The van der Waals surface area contributed by atoms with E-state index in [1.54, 1.807) is 24.6 Å². The van der Waals surface area contributed by atoms with Crippen molar-refractivity contribution in [2.24, 2.45) is 4.99 Å². The summed E-state index contributed by atoms with van der Waals surface area (Å²) in [6.07, 6.45) is 6.74. The maximum atomic E-state index is 4.42. The van der Waals surface area contributed by atoms with Gasteiger partial charge in [-0.05, 0) is 23.6 Å². The Morgan fingerprint density at radius 1 is 1.19 bits per heavy atom. The van der Waals surface area contributed by atoms with Crippen molar-refractivity contribution in [1.29, 1.82) is 0 Å². The van der Waals surface area contributed by atoms with Crippen molar-refractivity contribution < 1.29 is 0 Å². The first kappa shape index (κ1) is 18.1. The van der Waals surface area contributed by atoms with E-state index in [0.29, 0.717) is 13.1 Å². The molecular formula is C19H24N6S.